The van der Waals surface area contributed by atoms with Crippen LogP contribution in [-0.4, -0.2) is 45.6 Å². The maximum atomic E-state index is 4.77. The van der Waals surface area contributed by atoms with E-state index in [1.807, 2.05) is 23.9 Å². The summed E-state index contributed by atoms with van der Waals surface area (Å²) in [5.74, 6) is 0. The van der Waals surface area contributed by atoms with Gasteiger partial charge in [0.2, 0.25) is 0 Å². The van der Waals surface area contributed by atoms with E-state index in [1.54, 1.807) is 0 Å². The molecule has 2 nitrogen and oxygen atoms in total. The first kappa shape index (κ1) is 24.7. The minimum Gasteiger partial charge on any atom is -0.411 e. The summed E-state index contributed by atoms with van der Waals surface area (Å²) in [7, 11) is 3.87. The van der Waals surface area contributed by atoms with Gasteiger partial charge in [-0.2, -0.15) is 0 Å². The van der Waals surface area contributed by atoms with Crippen LogP contribution in [0.3, 0.4) is 0 Å². The molecule has 0 aromatic rings. The van der Waals surface area contributed by atoms with Crippen LogP contribution >= 0.6 is 24.4 Å². The number of unbranched alkanes of at least 4 members (excludes halogenated alkanes) is 2. The Balaban J connectivity index is -0.000000256. The van der Waals surface area contributed by atoms with Crippen LogP contribution in [0.5, 0.6) is 0 Å². The van der Waals surface area contributed by atoms with Gasteiger partial charge in [0.15, 0.2) is 0 Å². The topological polar surface area (TPSA) is 6.48 Å². The van der Waals surface area contributed by atoms with Crippen LogP contribution in [0.25, 0.3) is 0 Å². The summed E-state index contributed by atoms with van der Waals surface area (Å²) in [6.45, 7) is 6.30. The zero-order chi connectivity index (χ0) is 14.6. The van der Waals surface area contributed by atoms with E-state index in [2.05, 4.69) is 13.8 Å². The summed E-state index contributed by atoms with van der Waals surface area (Å²) in [6, 6.07) is 0. The molecule has 0 aromatic carbocycles. The molecule has 0 aliphatic carbocycles. The molecule has 0 fully saturated rings. The third kappa shape index (κ3) is 18.7. The molecule has 0 atom stereocenters. The summed E-state index contributed by atoms with van der Waals surface area (Å²) in [4.78, 5) is 3.85. The molecule has 0 spiro atoms. The molecule has 0 unspecified atom stereocenters. The Morgan fingerprint density at radius 1 is 0.842 bits per heavy atom. The van der Waals surface area contributed by atoms with E-state index < -0.39 is 0 Å². The van der Waals surface area contributed by atoms with Crippen molar-refractivity contribution in [1.82, 2.24) is 9.80 Å². The van der Waals surface area contributed by atoms with Gasteiger partial charge >= 0.3 is 16.8 Å². The van der Waals surface area contributed by atoms with Crippen LogP contribution in [0.15, 0.2) is 0 Å². The third-order valence-electron chi connectivity index (χ3n) is 2.32. The quantitative estimate of drug-likeness (QED) is 0.510. The number of hydrogen-bond donors (Lipinski definition) is 0. The maximum Gasteiger partial charge on any atom is 2.00 e. The molecule has 1 radical (unpaired) electrons. The molecule has 0 N–H and O–H groups in total. The minimum atomic E-state index is 0. The van der Waals surface area contributed by atoms with Gasteiger partial charge in [0.05, 0.1) is 0 Å². The Morgan fingerprint density at radius 3 is 1.26 bits per heavy atom. The zero-order valence-corrected chi connectivity index (χ0v) is 16.4. The molecule has 0 aromatic heterocycles. The molecule has 0 bridgehead atoms. The van der Waals surface area contributed by atoms with Crippen molar-refractivity contribution >= 4 is 58.3 Å². The van der Waals surface area contributed by atoms with E-state index >= 15 is 0 Å². The van der Waals surface area contributed by atoms with Crippen LogP contribution in [0.2, 0.25) is 0 Å². The predicted molar refractivity (Wildman–Crippen MR) is 95.0 cm³/mol. The Labute approximate surface area is 151 Å². The van der Waals surface area contributed by atoms with Crippen molar-refractivity contribution in [3.8, 4) is 0 Å². The molecule has 0 heterocycles. The van der Waals surface area contributed by atoms with E-state index in [1.165, 1.54) is 25.7 Å². The largest absolute Gasteiger partial charge is 2.00 e. The van der Waals surface area contributed by atoms with Gasteiger partial charge in [0.25, 0.3) is 0 Å². The summed E-state index contributed by atoms with van der Waals surface area (Å²) in [6.07, 6.45) is 4.74. The van der Waals surface area contributed by atoms with Crippen molar-refractivity contribution in [2.75, 3.05) is 27.2 Å². The first-order chi connectivity index (χ1) is 8.36. The second kappa shape index (κ2) is 16.8. The van der Waals surface area contributed by atoms with Crippen molar-refractivity contribution in [1.29, 1.82) is 0 Å². The van der Waals surface area contributed by atoms with Crippen molar-refractivity contribution in [3.05, 3.63) is 0 Å². The van der Waals surface area contributed by atoms with E-state index in [4.69, 9.17) is 49.7 Å². The molecular formula is C12H24CoN2S4. The molecule has 0 saturated heterocycles. The number of rotatable bonds is 6. The second-order valence-electron chi connectivity index (χ2n) is 4.08. The molecule has 0 rings (SSSR count). The third-order valence-corrected chi connectivity index (χ3v) is 3.56. The molecule has 7 heteroatoms. The minimum absolute atomic E-state index is 0. The SMILES string of the molecule is CCCCN(C)C(=S)[S-].CCCCN(C)C(=S)[S-].[Co+2]. The number of hydrogen-bond acceptors (Lipinski definition) is 4. The average Bonchev–Trinajstić information content (AvgIpc) is 2.33. The van der Waals surface area contributed by atoms with Crippen LogP contribution in [-0.2, 0) is 42.0 Å². The summed E-state index contributed by atoms with van der Waals surface area (Å²) < 4.78 is 1.15. The molecule has 115 valence electrons. The summed E-state index contributed by atoms with van der Waals surface area (Å²) >= 11 is 19.1. The predicted octanol–water partition coefficient (Wildman–Crippen LogP) is 3.10. The van der Waals surface area contributed by atoms with Gasteiger partial charge in [-0.15, -0.1) is 0 Å². The van der Waals surface area contributed by atoms with Gasteiger partial charge < -0.3 is 59.5 Å². The molecular weight excluding hydrogens is 359 g/mol. The van der Waals surface area contributed by atoms with E-state index in [0.717, 1.165) is 13.1 Å². The number of thiocarbonyl (C=S) groups is 2. The standard InChI is InChI=1S/2C6H13NS2.Co/c2*1-3-4-5-7(2)6(8)9;/h2*3-5H2,1-2H3,(H,8,9);/q;;+2/p-2. The first-order valence-electron chi connectivity index (χ1n) is 6.20. The molecule has 0 aliphatic rings. The van der Waals surface area contributed by atoms with Crippen LogP contribution in [0.1, 0.15) is 39.5 Å². The Morgan fingerprint density at radius 2 is 1.11 bits per heavy atom. The van der Waals surface area contributed by atoms with E-state index in [9.17, 15) is 0 Å². The maximum absolute atomic E-state index is 4.77. The summed E-state index contributed by atoms with van der Waals surface area (Å²) in [5.41, 5.74) is 0. The fourth-order valence-electron chi connectivity index (χ4n) is 0.973. The molecule has 0 amide bonds. The molecule has 0 saturated carbocycles. The van der Waals surface area contributed by atoms with Gasteiger partial charge in [-0.3, -0.25) is 0 Å². The Hall–Kier alpha value is 0.726. The van der Waals surface area contributed by atoms with Crippen LogP contribution in [0, 0.1) is 0 Å². The van der Waals surface area contributed by atoms with Crippen LogP contribution in [0.4, 0.5) is 0 Å². The van der Waals surface area contributed by atoms with Gasteiger partial charge in [0.1, 0.15) is 0 Å². The Bertz CT molecular complexity index is 216. The van der Waals surface area contributed by atoms with Crippen molar-refractivity contribution in [3.63, 3.8) is 0 Å². The Kier molecular flexibility index (Phi) is 21.8. The zero-order valence-electron chi connectivity index (χ0n) is 12.1. The van der Waals surface area contributed by atoms with E-state index in [-0.39, 0.29) is 16.8 Å². The first-order valence-corrected chi connectivity index (χ1v) is 7.84. The number of nitrogens with zero attached hydrogens (tertiary/aromatic N) is 2. The van der Waals surface area contributed by atoms with Gasteiger partial charge in [-0.25, -0.2) is 0 Å². The smallest absolute Gasteiger partial charge is 0.411 e. The fraction of sp³-hybridized carbons (Fsp3) is 0.833. The van der Waals surface area contributed by atoms with E-state index in [0.29, 0.717) is 8.64 Å². The van der Waals surface area contributed by atoms with Crippen molar-refractivity contribution < 1.29 is 16.8 Å². The normalized spacial score (nSPS) is 8.63. The van der Waals surface area contributed by atoms with Gasteiger partial charge in [0, 0.05) is 27.2 Å². The fourth-order valence-corrected chi connectivity index (χ4v) is 1.34. The average molecular weight is 384 g/mol. The molecule has 0 aliphatic heterocycles. The molecule has 19 heavy (non-hydrogen) atoms. The summed E-state index contributed by atoms with van der Waals surface area (Å²) in [5, 5.41) is 0. The van der Waals surface area contributed by atoms with Gasteiger partial charge in [-0.05, 0) is 12.8 Å². The second-order valence-corrected chi connectivity index (χ2v) is 6.15. The van der Waals surface area contributed by atoms with Crippen molar-refractivity contribution in [2.45, 2.75) is 39.5 Å². The van der Waals surface area contributed by atoms with Crippen LogP contribution < -0.4 is 0 Å². The monoisotopic (exact) mass is 383 g/mol. The van der Waals surface area contributed by atoms with Crippen molar-refractivity contribution in [2.24, 2.45) is 0 Å². The van der Waals surface area contributed by atoms with Gasteiger partial charge in [-0.1, -0.05) is 35.3 Å².